The molecule has 5 aromatic rings. The summed E-state index contributed by atoms with van der Waals surface area (Å²) in [6, 6.07) is 38.8. The van der Waals surface area contributed by atoms with Crippen LogP contribution in [0.4, 0.5) is 10.5 Å². The van der Waals surface area contributed by atoms with E-state index >= 15 is 0 Å². The largest absolute Gasteiger partial charge is 0.459 e. The lowest BCUT2D eigenvalue weighted by atomic mass is 9.93. The van der Waals surface area contributed by atoms with Gasteiger partial charge < -0.3 is 23.7 Å². The number of carbonyl (C=O) groups excluding carboxylic acids is 6. The first-order chi connectivity index (χ1) is 27.3. The third kappa shape index (κ3) is 10.0. The second-order valence-corrected chi connectivity index (χ2v) is 12.2. The number of carbonyl (C=O) groups is 6. The zero-order valence-electron chi connectivity index (χ0n) is 29.5. The van der Waals surface area contributed by atoms with Gasteiger partial charge in [-0.15, -0.1) is 0 Å². The number of ether oxygens (including phenoxy) is 5. The van der Waals surface area contributed by atoms with Crippen LogP contribution >= 0.6 is 0 Å². The van der Waals surface area contributed by atoms with Crippen molar-refractivity contribution in [3.05, 3.63) is 174 Å². The summed E-state index contributed by atoms with van der Waals surface area (Å²) in [6.07, 6.45) is -8.73. The number of anilines is 1. The minimum atomic E-state index is -1.91. The summed E-state index contributed by atoms with van der Waals surface area (Å²) < 4.78 is 29.6. The van der Waals surface area contributed by atoms with E-state index in [9.17, 15) is 28.8 Å². The molecule has 0 radical (unpaired) electrons. The number of hydrogen-bond donors (Lipinski definition) is 3. The highest BCUT2D eigenvalue weighted by Gasteiger charge is 2.55. The van der Waals surface area contributed by atoms with Gasteiger partial charge in [0.15, 0.2) is 24.4 Å². The van der Waals surface area contributed by atoms with E-state index in [1.807, 2.05) is 0 Å². The van der Waals surface area contributed by atoms with E-state index in [0.717, 1.165) is 0 Å². The highest BCUT2D eigenvalue weighted by molar-refractivity contribution is 5.98. The van der Waals surface area contributed by atoms with Crippen molar-refractivity contribution in [2.45, 2.75) is 30.5 Å². The normalized spacial score (nSPS) is 18.6. The monoisotopic (exact) mass is 757 g/mol. The molecule has 14 heteroatoms. The molecule has 0 spiro atoms. The molecule has 1 heterocycles. The third-order valence-electron chi connectivity index (χ3n) is 8.37. The fourth-order valence-electron chi connectivity index (χ4n) is 5.64. The Labute approximate surface area is 320 Å². The lowest BCUT2D eigenvalue weighted by Crippen LogP contribution is -2.66. The Hall–Kier alpha value is -7.32. The first-order valence-electron chi connectivity index (χ1n) is 17.3. The zero-order valence-corrected chi connectivity index (χ0v) is 29.5. The van der Waals surface area contributed by atoms with Crippen LogP contribution in [0.3, 0.4) is 0 Å². The Morgan fingerprint density at radius 3 is 1.34 bits per heavy atom. The number of urea groups is 1. The molecule has 14 nitrogen and oxygen atoms in total. The van der Waals surface area contributed by atoms with Gasteiger partial charge in [0.1, 0.15) is 12.7 Å². The summed E-state index contributed by atoms with van der Waals surface area (Å²) in [6.45, 7) is -0.648. The van der Waals surface area contributed by atoms with Gasteiger partial charge in [-0.2, -0.15) is 0 Å². The Balaban J connectivity index is 1.38. The smallest absolute Gasteiger partial charge is 0.340 e. The van der Waals surface area contributed by atoms with Crippen molar-refractivity contribution in [1.29, 1.82) is 0 Å². The topological polar surface area (TPSA) is 185 Å². The number of rotatable bonds is 12. The highest BCUT2D eigenvalue weighted by Crippen LogP contribution is 2.31. The maximum Gasteiger partial charge on any atom is 0.340 e. The van der Waals surface area contributed by atoms with E-state index in [-0.39, 0.29) is 22.3 Å². The Bertz CT molecular complexity index is 2120. The predicted octanol–water partition coefficient (Wildman–Crippen LogP) is 5.14. The predicted molar refractivity (Wildman–Crippen MR) is 199 cm³/mol. The summed E-state index contributed by atoms with van der Waals surface area (Å²) in [5, 5.41) is 2.14. The number of hydrogen-bond acceptors (Lipinski definition) is 12. The second-order valence-electron chi connectivity index (χ2n) is 12.2. The molecular formula is C42H35N3O11. The zero-order chi connectivity index (χ0) is 39.3. The second kappa shape index (κ2) is 18.6. The maximum atomic E-state index is 14.0. The molecule has 6 rings (SSSR count). The molecule has 5 atom stereocenters. The number of para-hydroxylation sites is 1. The lowest BCUT2D eigenvalue weighted by Gasteiger charge is -2.44. The minimum Gasteiger partial charge on any atom is -0.459 e. The summed E-state index contributed by atoms with van der Waals surface area (Å²) >= 11 is 0. The van der Waals surface area contributed by atoms with Crippen LogP contribution in [0.2, 0.25) is 0 Å². The summed E-state index contributed by atoms with van der Waals surface area (Å²) in [7, 11) is 0. The number of amides is 3. The number of benzene rings is 5. The SMILES string of the molecule is O=C(NNc1ccccc1)NC(=O)[C@@H]1O[C@H](COC(=O)c2ccccc2)[C@@H](OC(=O)c2ccccc2)[C@H](OC(=O)c2ccccc2)[C@H]1OC(=O)c1ccccc1. The molecule has 0 bridgehead atoms. The molecule has 3 amide bonds. The van der Waals surface area contributed by atoms with Gasteiger partial charge in [0.25, 0.3) is 5.91 Å². The first kappa shape index (κ1) is 38.4. The van der Waals surface area contributed by atoms with E-state index in [4.69, 9.17) is 23.7 Å². The summed E-state index contributed by atoms with van der Waals surface area (Å²) in [5.41, 5.74) is 5.88. The quantitative estimate of drug-likeness (QED) is 0.0867. The van der Waals surface area contributed by atoms with E-state index in [1.54, 1.807) is 103 Å². The van der Waals surface area contributed by atoms with Gasteiger partial charge in [-0.3, -0.25) is 21.0 Å². The average Bonchev–Trinajstić information content (AvgIpc) is 3.24. The number of esters is 4. The number of nitrogens with one attached hydrogen (secondary N) is 3. The fourth-order valence-corrected chi connectivity index (χ4v) is 5.64. The molecule has 1 aliphatic rings. The van der Waals surface area contributed by atoms with Gasteiger partial charge in [-0.05, 0) is 60.7 Å². The van der Waals surface area contributed by atoms with Crippen molar-refractivity contribution in [2.75, 3.05) is 12.0 Å². The van der Waals surface area contributed by atoms with Crippen LogP contribution in [0.1, 0.15) is 41.4 Å². The van der Waals surface area contributed by atoms with Gasteiger partial charge in [0, 0.05) is 0 Å². The van der Waals surface area contributed by atoms with Gasteiger partial charge in [0.2, 0.25) is 0 Å². The molecule has 5 aromatic carbocycles. The molecule has 1 aliphatic heterocycles. The van der Waals surface area contributed by atoms with E-state index < -0.39 is 72.9 Å². The van der Waals surface area contributed by atoms with E-state index in [1.165, 1.54) is 48.5 Å². The van der Waals surface area contributed by atoms with Crippen LogP contribution in [-0.4, -0.2) is 72.9 Å². The van der Waals surface area contributed by atoms with Crippen LogP contribution < -0.4 is 16.2 Å². The van der Waals surface area contributed by atoms with Crippen LogP contribution in [0.5, 0.6) is 0 Å². The van der Waals surface area contributed by atoms with Crippen LogP contribution in [0.15, 0.2) is 152 Å². The summed E-state index contributed by atoms with van der Waals surface area (Å²) in [5.74, 6) is -4.74. The lowest BCUT2D eigenvalue weighted by molar-refractivity contribution is -0.226. The minimum absolute atomic E-state index is 0.0568. The number of imide groups is 1. The molecule has 284 valence electrons. The van der Waals surface area contributed by atoms with Gasteiger partial charge in [0.05, 0.1) is 27.9 Å². The third-order valence-corrected chi connectivity index (χ3v) is 8.37. The Morgan fingerprint density at radius 1 is 0.482 bits per heavy atom. The Kier molecular flexibility index (Phi) is 12.8. The standard InChI is InChI=1S/C42H35N3O11/c46-37(43-42(51)45-44-31-24-14-5-15-25-31)36-35(56-41(50)30-22-12-4-13-23-30)34(55-40(49)29-20-10-3-11-21-29)33(54-39(48)28-18-8-2-9-19-28)32(53-36)26-52-38(47)27-16-6-1-7-17-27/h1-25,32-36,44H,26H2,(H2,43,45,46,51)/t32-,33-,34+,35-,36-/m1/s1. The van der Waals surface area contributed by atoms with Gasteiger partial charge in [-0.25, -0.2) is 24.0 Å². The molecule has 0 aromatic heterocycles. The molecular weight excluding hydrogens is 722 g/mol. The number of hydrazine groups is 1. The molecule has 0 unspecified atom stereocenters. The van der Waals surface area contributed by atoms with Crippen LogP contribution in [0, 0.1) is 0 Å². The van der Waals surface area contributed by atoms with Crippen molar-refractivity contribution < 1.29 is 52.5 Å². The molecule has 0 saturated carbocycles. The highest BCUT2D eigenvalue weighted by atomic mass is 16.7. The fraction of sp³-hybridized carbons (Fsp3) is 0.143. The van der Waals surface area contributed by atoms with E-state index in [0.29, 0.717) is 5.69 Å². The molecule has 1 saturated heterocycles. The molecule has 1 fully saturated rings. The van der Waals surface area contributed by atoms with Crippen molar-refractivity contribution in [1.82, 2.24) is 10.7 Å². The summed E-state index contributed by atoms with van der Waals surface area (Å²) in [4.78, 5) is 81.2. The van der Waals surface area contributed by atoms with Crippen molar-refractivity contribution in [3.63, 3.8) is 0 Å². The van der Waals surface area contributed by atoms with Crippen molar-refractivity contribution >= 4 is 41.5 Å². The molecule has 3 N–H and O–H groups in total. The maximum absolute atomic E-state index is 14.0. The van der Waals surface area contributed by atoms with Crippen LogP contribution in [-0.2, 0) is 28.5 Å². The van der Waals surface area contributed by atoms with E-state index in [2.05, 4.69) is 16.2 Å². The first-order valence-corrected chi connectivity index (χ1v) is 17.3. The van der Waals surface area contributed by atoms with Crippen LogP contribution in [0.25, 0.3) is 0 Å². The molecule has 0 aliphatic carbocycles. The van der Waals surface area contributed by atoms with Gasteiger partial charge >= 0.3 is 29.9 Å². The molecule has 56 heavy (non-hydrogen) atoms. The average molecular weight is 758 g/mol. The van der Waals surface area contributed by atoms with Gasteiger partial charge in [-0.1, -0.05) is 91.0 Å². The Morgan fingerprint density at radius 2 is 0.875 bits per heavy atom. The van der Waals surface area contributed by atoms with Crippen molar-refractivity contribution in [2.24, 2.45) is 0 Å². The van der Waals surface area contributed by atoms with Crippen molar-refractivity contribution in [3.8, 4) is 0 Å².